The third-order valence-corrected chi connectivity index (χ3v) is 4.67. The highest BCUT2D eigenvalue weighted by atomic mass is 19.4. The molecule has 3 aromatic rings. The summed E-state index contributed by atoms with van der Waals surface area (Å²) >= 11 is 0. The number of halogens is 3. The fraction of sp³-hybridized carbons (Fsp3) is 0.250. The predicted octanol–water partition coefficient (Wildman–Crippen LogP) is 4.33. The Bertz CT molecular complexity index is 914. The van der Waals surface area contributed by atoms with E-state index in [9.17, 15) is 13.2 Å². The summed E-state index contributed by atoms with van der Waals surface area (Å²) < 4.78 is 38.6. The molecular weight excluding hydrogens is 339 g/mol. The molecule has 0 spiro atoms. The quantitative estimate of drug-likeness (QED) is 0.740. The minimum Gasteiger partial charge on any atom is -0.354 e. The van der Waals surface area contributed by atoms with Crippen molar-refractivity contribution in [3.8, 4) is 11.1 Å². The van der Waals surface area contributed by atoms with Crippen LogP contribution in [-0.4, -0.2) is 31.2 Å². The number of benzene rings is 2. The van der Waals surface area contributed by atoms with Crippen molar-refractivity contribution < 1.29 is 13.2 Å². The van der Waals surface area contributed by atoms with Crippen molar-refractivity contribution in [3.05, 3.63) is 60.2 Å². The summed E-state index contributed by atoms with van der Waals surface area (Å²) in [5, 5.41) is 4.25. The molecule has 0 radical (unpaired) electrons. The maximum atomic E-state index is 12.9. The number of pyridine rings is 1. The van der Waals surface area contributed by atoms with Crippen LogP contribution in [0.3, 0.4) is 0 Å². The van der Waals surface area contributed by atoms with E-state index in [-0.39, 0.29) is 0 Å². The number of nitrogens with zero attached hydrogens (tertiary/aromatic N) is 2. The van der Waals surface area contributed by atoms with Crippen molar-refractivity contribution in [2.45, 2.75) is 6.18 Å². The molecule has 2 heterocycles. The van der Waals surface area contributed by atoms with Gasteiger partial charge in [0.25, 0.3) is 0 Å². The first-order chi connectivity index (χ1) is 12.5. The van der Waals surface area contributed by atoms with Gasteiger partial charge < -0.3 is 10.2 Å². The Morgan fingerprint density at radius 2 is 1.62 bits per heavy atom. The van der Waals surface area contributed by atoms with Crippen LogP contribution in [0.1, 0.15) is 5.56 Å². The Hall–Kier alpha value is -2.60. The molecule has 1 fully saturated rings. The van der Waals surface area contributed by atoms with E-state index in [2.05, 4.69) is 10.2 Å². The third-order valence-electron chi connectivity index (χ3n) is 4.67. The summed E-state index contributed by atoms with van der Waals surface area (Å²) in [5.74, 6) is 0.861. The lowest BCUT2D eigenvalue weighted by molar-refractivity contribution is -0.137. The summed E-state index contributed by atoms with van der Waals surface area (Å²) in [4.78, 5) is 6.96. The van der Waals surface area contributed by atoms with Crippen LogP contribution < -0.4 is 10.2 Å². The van der Waals surface area contributed by atoms with Crippen LogP contribution in [0.15, 0.2) is 54.6 Å². The zero-order valence-corrected chi connectivity index (χ0v) is 14.1. The van der Waals surface area contributed by atoms with Gasteiger partial charge in [-0.3, -0.25) is 0 Å². The molecule has 1 saturated heterocycles. The molecule has 4 rings (SSSR count). The molecule has 1 aromatic heterocycles. The number of para-hydroxylation sites is 1. The molecule has 0 aliphatic carbocycles. The Labute approximate surface area is 149 Å². The normalized spacial score (nSPS) is 15.4. The number of nitrogens with one attached hydrogen (secondary N) is 1. The molecular formula is C20H18F3N3. The molecule has 0 atom stereocenters. The minimum absolute atomic E-state index is 0.637. The van der Waals surface area contributed by atoms with Crippen molar-refractivity contribution in [1.82, 2.24) is 10.3 Å². The maximum Gasteiger partial charge on any atom is 0.416 e. The lowest BCUT2D eigenvalue weighted by atomic mass is 9.99. The van der Waals surface area contributed by atoms with E-state index in [4.69, 9.17) is 4.98 Å². The SMILES string of the molecule is FC(F)(F)c1ccc(-c2cc(N3CCNCC3)nc3ccccc23)cc1. The van der Waals surface area contributed by atoms with Gasteiger partial charge in [0, 0.05) is 31.6 Å². The smallest absolute Gasteiger partial charge is 0.354 e. The second-order valence-electron chi connectivity index (χ2n) is 6.36. The lowest BCUT2D eigenvalue weighted by Crippen LogP contribution is -2.43. The van der Waals surface area contributed by atoms with E-state index < -0.39 is 11.7 Å². The van der Waals surface area contributed by atoms with Crippen molar-refractivity contribution in [1.29, 1.82) is 0 Å². The molecule has 0 amide bonds. The topological polar surface area (TPSA) is 28.2 Å². The number of rotatable bonds is 2. The molecule has 3 nitrogen and oxygen atoms in total. The molecule has 0 unspecified atom stereocenters. The van der Waals surface area contributed by atoms with Gasteiger partial charge in [0.2, 0.25) is 0 Å². The van der Waals surface area contributed by atoms with Crippen LogP contribution in [0.25, 0.3) is 22.0 Å². The van der Waals surface area contributed by atoms with Gasteiger partial charge in [-0.1, -0.05) is 30.3 Å². The van der Waals surface area contributed by atoms with E-state index >= 15 is 0 Å². The van der Waals surface area contributed by atoms with Gasteiger partial charge in [-0.15, -0.1) is 0 Å². The van der Waals surface area contributed by atoms with Crippen molar-refractivity contribution in [2.75, 3.05) is 31.1 Å². The summed E-state index contributed by atoms with van der Waals surface area (Å²) in [5.41, 5.74) is 1.87. The van der Waals surface area contributed by atoms with Gasteiger partial charge in [0.15, 0.2) is 0 Å². The second-order valence-corrected chi connectivity index (χ2v) is 6.36. The Morgan fingerprint density at radius 3 is 2.31 bits per heavy atom. The first kappa shape index (κ1) is 16.8. The van der Waals surface area contributed by atoms with Gasteiger partial charge in [-0.2, -0.15) is 13.2 Å². The number of anilines is 1. The highest BCUT2D eigenvalue weighted by molar-refractivity contribution is 5.96. The van der Waals surface area contributed by atoms with E-state index in [0.717, 1.165) is 66.2 Å². The summed E-state index contributed by atoms with van der Waals surface area (Å²) in [7, 11) is 0. The molecule has 0 saturated carbocycles. The number of fused-ring (bicyclic) bond motifs is 1. The molecule has 1 aliphatic heterocycles. The third kappa shape index (κ3) is 3.24. The highest BCUT2D eigenvalue weighted by Crippen LogP contribution is 2.34. The van der Waals surface area contributed by atoms with Gasteiger partial charge in [-0.25, -0.2) is 4.98 Å². The van der Waals surface area contributed by atoms with Crippen LogP contribution >= 0.6 is 0 Å². The van der Waals surface area contributed by atoms with Crippen LogP contribution in [0.4, 0.5) is 19.0 Å². The zero-order chi connectivity index (χ0) is 18.1. The minimum atomic E-state index is -4.33. The van der Waals surface area contributed by atoms with Crippen molar-refractivity contribution in [3.63, 3.8) is 0 Å². The largest absolute Gasteiger partial charge is 0.416 e. The molecule has 1 aliphatic rings. The Balaban J connectivity index is 1.82. The second kappa shape index (κ2) is 6.61. The van der Waals surface area contributed by atoms with Crippen molar-refractivity contribution >= 4 is 16.7 Å². The van der Waals surface area contributed by atoms with Crippen LogP contribution in [-0.2, 0) is 6.18 Å². The van der Waals surface area contributed by atoms with E-state index in [0.29, 0.717) is 0 Å². The van der Waals surface area contributed by atoms with Gasteiger partial charge in [0.05, 0.1) is 11.1 Å². The summed E-state index contributed by atoms with van der Waals surface area (Å²) in [6.45, 7) is 3.50. The number of piperazine rings is 1. The van der Waals surface area contributed by atoms with Gasteiger partial charge in [0.1, 0.15) is 5.82 Å². The maximum absolute atomic E-state index is 12.9. The summed E-state index contributed by atoms with van der Waals surface area (Å²) in [6, 6.07) is 15.1. The standard InChI is InChI=1S/C20H18F3N3/c21-20(22,23)15-7-5-14(6-8-15)17-13-19(26-11-9-24-10-12-26)25-18-4-2-1-3-16(17)18/h1-8,13,24H,9-12H2. The fourth-order valence-electron chi connectivity index (χ4n) is 3.29. The van der Waals surface area contributed by atoms with E-state index in [1.54, 1.807) is 0 Å². The first-order valence-corrected chi connectivity index (χ1v) is 8.55. The van der Waals surface area contributed by atoms with Crippen LogP contribution in [0, 0.1) is 0 Å². The monoisotopic (exact) mass is 357 g/mol. The predicted molar refractivity (Wildman–Crippen MR) is 97.3 cm³/mol. The number of alkyl halides is 3. The summed E-state index contributed by atoms with van der Waals surface area (Å²) in [6.07, 6.45) is -4.33. The number of hydrogen-bond acceptors (Lipinski definition) is 3. The van der Waals surface area contributed by atoms with E-state index in [1.165, 1.54) is 12.1 Å². The molecule has 2 aromatic carbocycles. The van der Waals surface area contributed by atoms with E-state index in [1.807, 2.05) is 30.3 Å². The molecule has 1 N–H and O–H groups in total. The van der Waals surface area contributed by atoms with Crippen LogP contribution in [0.2, 0.25) is 0 Å². The fourth-order valence-corrected chi connectivity index (χ4v) is 3.29. The van der Waals surface area contributed by atoms with Crippen molar-refractivity contribution in [2.24, 2.45) is 0 Å². The van der Waals surface area contributed by atoms with Gasteiger partial charge in [-0.05, 0) is 35.4 Å². The molecule has 6 heteroatoms. The van der Waals surface area contributed by atoms with Crippen LogP contribution in [0.5, 0.6) is 0 Å². The number of aromatic nitrogens is 1. The lowest BCUT2D eigenvalue weighted by Gasteiger charge is -2.29. The molecule has 0 bridgehead atoms. The first-order valence-electron chi connectivity index (χ1n) is 8.55. The Morgan fingerprint density at radius 1 is 0.923 bits per heavy atom. The number of hydrogen-bond donors (Lipinski definition) is 1. The average molecular weight is 357 g/mol. The average Bonchev–Trinajstić information content (AvgIpc) is 2.67. The zero-order valence-electron chi connectivity index (χ0n) is 14.1. The highest BCUT2D eigenvalue weighted by Gasteiger charge is 2.30. The van der Waals surface area contributed by atoms with Gasteiger partial charge >= 0.3 is 6.18 Å². The molecule has 26 heavy (non-hydrogen) atoms. The Kier molecular flexibility index (Phi) is 4.28. The molecule has 134 valence electrons.